The molecule has 2 N–H and O–H groups in total. The highest BCUT2D eigenvalue weighted by Gasteiger charge is 2.13. The predicted octanol–water partition coefficient (Wildman–Crippen LogP) is 1.57. The van der Waals surface area contributed by atoms with Crippen LogP contribution in [-0.2, 0) is 4.79 Å². The molecule has 92 valence electrons. The van der Waals surface area contributed by atoms with Crippen LogP contribution < -0.4 is 5.32 Å². The molecule has 0 bridgehead atoms. The molecular weight excluding hydrogens is 222 g/mol. The Morgan fingerprint density at radius 3 is 2.69 bits per heavy atom. The molecule has 0 aromatic rings. The zero-order valence-corrected chi connectivity index (χ0v) is 10.8. The van der Waals surface area contributed by atoms with Crippen LogP contribution in [0.15, 0.2) is 11.6 Å². The summed E-state index contributed by atoms with van der Waals surface area (Å²) in [5, 5.41) is 11.9. The lowest BCUT2D eigenvalue weighted by atomic mass is 10.0. The average molecular weight is 243 g/mol. The average Bonchev–Trinajstić information content (AvgIpc) is 2.29. The maximum absolute atomic E-state index is 11.7. The summed E-state index contributed by atoms with van der Waals surface area (Å²) in [5.41, 5.74) is 1.25. The number of aliphatic hydroxyl groups excluding tert-OH is 1. The van der Waals surface area contributed by atoms with Crippen LogP contribution in [0.2, 0.25) is 0 Å². The van der Waals surface area contributed by atoms with Gasteiger partial charge in [-0.2, -0.15) is 11.8 Å². The van der Waals surface area contributed by atoms with Gasteiger partial charge in [0, 0.05) is 18.7 Å². The van der Waals surface area contributed by atoms with Crippen molar-refractivity contribution in [2.75, 3.05) is 18.1 Å². The van der Waals surface area contributed by atoms with Crippen molar-refractivity contribution in [2.45, 2.75) is 32.7 Å². The fourth-order valence-corrected chi connectivity index (χ4v) is 2.55. The largest absolute Gasteiger partial charge is 0.396 e. The zero-order chi connectivity index (χ0) is 12.0. The van der Waals surface area contributed by atoms with E-state index >= 15 is 0 Å². The van der Waals surface area contributed by atoms with Crippen molar-refractivity contribution < 1.29 is 9.90 Å². The first-order valence-corrected chi connectivity index (χ1v) is 6.97. The van der Waals surface area contributed by atoms with Crippen molar-refractivity contribution in [3.63, 3.8) is 0 Å². The van der Waals surface area contributed by atoms with Crippen molar-refractivity contribution in [2.24, 2.45) is 5.92 Å². The number of allylic oxidation sites excluding steroid dienone is 1. The van der Waals surface area contributed by atoms with E-state index in [9.17, 15) is 4.79 Å². The van der Waals surface area contributed by atoms with E-state index in [0.717, 1.165) is 24.3 Å². The molecule has 16 heavy (non-hydrogen) atoms. The summed E-state index contributed by atoms with van der Waals surface area (Å²) in [5.74, 6) is 2.34. The molecule has 0 saturated carbocycles. The van der Waals surface area contributed by atoms with Crippen LogP contribution in [0.3, 0.4) is 0 Å². The summed E-state index contributed by atoms with van der Waals surface area (Å²) in [6.07, 6.45) is 3.80. The molecule has 4 heteroatoms. The highest BCUT2D eigenvalue weighted by atomic mass is 32.2. The first kappa shape index (κ1) is 13.6. The van der Waals surface area contributed by atoms with Crippen LogP contribution in [0.25, 0.3) is 0 Å². The van der Waals surface area contributed by atoms with E-state index in [2.05, 4.69) is 5.32 Å². The van der Waals surface area contributed by atoms with Gasteiger partial charge < -0.3 is 10.4 Å². The van der Waals surface area contributed by atoms with Gasteiger partial charge in [-0.1, -0.05) is 12.5 Å². The zero-order valence-electron chi connectivity index (χ0n) is 10.0. The molecule has 1 saturated heterocycles. The quantitative estimate of drug-likeness (QED) is 0.737. The Morgan fingerprint density at radius 1 is 1.50 bits per heavy atom. The molecule has 0 spiro atoms. The van der Waals surface area contributed by atoms with E-state index in [1.807, 2.05) is 25.6 Å². The lowest BCUT2D eigenvalue weighted by molar-refractivity contribution is -0.117. The van der Waals surface area contributed by atoms with Gasteiger partial charge >= 0.3 is 0 Å². The fraction of sp³-hybridized carbons (Fsp3) is 0.750. The minimum atomic E-state index is -0.0188. The van der Waals surface area contributed by atoms with Crippen molar-refractivity contribution in [1.82, 2.24) is 5.32 Å². The van der Waals surface area contributed by atoms with Crippen LogP contribution >= 0.6 is 11.8 Å². The summed E-state index contributed by atoms with van der Waals surface area (Å²) in [4.78, 5) is 11.7. The van der Waals surface area contributed by atoms with Gasteiger partial charge in [-0.05, 0) is 37.2 Å². The molecule has 1 aliphatic rings. The van der Waals surface area contributed by atoms with Gasteiger partial charge in [0.05, 0.1) is 0 Å². The third kappa shape index (κ3) is 4.58. The van der Waals surface area contributed by atoms with Gasteiger partial charge in [-0.3, -0.25) is 4.79 Å². The number of thioether (sulfide) groups is 1. The monoisotopic (exact) mass is 243 g/mol. The number of hydrogen-bond donors (Lipinski definition) is 2. The normalized spacial score (nSPS) is 20.1. The second kappa shape index (κ2) is 6.97. The Hall–Kier alpha value is -0.480. The molecule has 0 radical (unpaired) electrons. The summed E-state index contributed by atoms with van der Waals surface area (Å²) in [6, 6.07) is 0.0207. The second-order valence-electron chi connectivity index (χ2n) is 4.37. The second-order valence-corrected chi connectivity index (χ2v) is 5.60. The number of nitrogens with one attached hydrogen (secondary N) is 1. The van der Waals surface area contributed by atoms with E-state index in [1.54, 1.807) is 6.08 Å². The molecule has 0 aromatic carbocycles. The van der Waals surface area contributed by atoms with Crippen LogP contribution in [0.1, 0.15) is 26.7 Å². The Bertz CT molecular complexity index is 258. The topological polar surface area (TPSA) is 49.3 Å². The van der Waals surface area contributed by atoms with Crippen LogP contribution in [0, 0.1) is 5.92 Å². The van der Waals surface area contributed by atoms with Gasteiger partial charge in [-0.25, -0.2) is 0 Å². The third-order valence-electron chi connectivity index (χ3n) is 2.98. The maximum atomic E-state index is 11.7. The van der Waals surface area contributed by atoms with Gasteiger partial charge in [0.15, 0.2) is 0 Å². The number of carbonyl (C=O) groups excluding carboxylic acids is 1. The predicted molar refractivity (Wildman–Crippen MR) is 68.5 cm³/mol. The molecular formula is C12H21NO2S. The highest BCUT2D eigenvalue weighted by molar-refractivity contribution is 7.99. The summed E-state index contributed by atoms with van der Waals surface area (Å²) < 4.78 is 0. The van der Waals surface area contributed by atoms with Crippen molar-refractivity contribution in [3.05, 3.63) is 11.6 Å². The van der Waals surface area contributed by atoms with E-state index in [-0.39, 0.29) is 24.5 Å². The van der Waals surface area contributed by atoms with Crippen molar-refractivity contribution >= 4 is 17.7 Å². The molecule has 1 rings (SSSR count). The first-order valence-electron chi connectivity index (χ1n) is 5.82. The van der Waals surface area contributed by atoms with Crippen molar-refractivity contribution in [1.29, 1.82) is 0 Å². The number of hydrogen-bond acceptors (Lipinski definition) is 3. The lowest BCUT2D eigenvalue weighted by Crippen LogP contribution is -2.37. The van der Waals surface area contributed by atoms with E-state index in [0.29, 0.717) is 0 Å². The minimum absolute atomic E-state index is 0.0188. The van der Waals surface area contributed by atoms with E-state index < -0.39 is 0 Å². The minimum Gasteiger partial charge on any atom is -0.396 e. The number of rotatable bonds is 4. The molecule has 0 aliphatic carbocycles. The SMILES string of the molecule is CC(CO)C(C)NC(=O)C=C1CCSCC1. The molecule has 2 atom stereocenters. The first-order chi connectivity index (χ1) is 7.63. The maximum Gasteiger partial charge on any atom is 0.244 e. The van der Waals surface area contributed by atoms with Gasteiger partial charge in [-0.15, -0.1) is 0 Å². The summed E-state index contributed by atoms with van der Waals surface area (Å²) in [7, 11) is 0. The number of aliphatic hydroxyl groups is 1. The Labute approximate surface area is 102 Å². The smallest absolute Gasteiger partial charge is 0.244 e. The fourth-order valence-electron chi connectivity index (χ4n) is 1.53. The van der Waals surface area contributed by atoms with Crippen molar-refractivity contribution in [3.8, 4) is 0 Å². The molecule has 1 amide bonds. The number of carbonyl (C=O) groups is 1. The Kier molecular flexibility index (Phi) is 5.91. The molecule has 1 heterocycles. The van der Waals surface area contributed by atoms with Gasteiger partial charge in [0.25, 0.3) is 0 Å². The summed E-state index contributed by atoms with van der Waals surface area (Å²) >= 11 is 1.94. The molecule has 1 aliphatic heterocycles. The van der Waals surface area contributed by atoms with E-state index in [4.69, 9.17) is 5.11 Å². The standard InChI is InChI=1S/C12H21NO2S/c1-9(8-14)10(2)13-12(15)7-11-3-5-16-6-4-11/h7,9-10,14H,3-6,8H2,1-2H3,(H,13,15). The number of amides is 1. The summed E-state index contributed by atoms with van der Waals surface area (Å²) in [6.45, 7) is 3.96. The van der Waals surface area contributed by atoms with Gasteiger partial charge in [0.2, 0.25) is 5.91 Å². The third-order valence-corrected chi connectivity index (χ3v) is 3.97. The van der Waals surface area contributed by atoms with Crippen LogP contribution in [0.5, 0.6) is 0 Å². The van der Waals surface area contributed by atoms with Gasteiger partial charge in [0.1, 0.15) is 0 Å². The van der Waals surface area contributed by atoms with Crippen LogP contribution in [-0.4, -0.2) is 35.2 Å². The molecule has 2 unspecified atom stereocenters. The Balaban J connectivity index is 2.39. The Morgan fingerprint density at radius 2 is 2.12 bits per heavy atom. The highest BCUT2D eigenvalue weighted by Crippen LogP contribution is 2.21. The molecule has 3 nitrogen and oxygen atoms in total. The van der Waals surface area contributed by atoms with E-state index in [1.165, 1.54) is 5.57 Å². The van der Waals surface area contributed by atoms with Crippen LogP contribution in [0.4, 0.5) is 0 Å². The lowest BCUT2D eigenvalue weighted by Gasteiger charge is -2.19. The molecule has 1 fully saturated rings. The molecule has 0 aromatic heterocycles.